The molecular formula is C21H20N4O3S. The van der Waals surface area contributed by atoms with Gasteiger partial charge in [0.05, 0.1) is 11.7 Å². The van der Waals surface area contributed by atoms with Gasteiger partial charge in [-0.2, -0.15) is 5.26 Å². The van der Waals surface area contributed by atoms with Gasteiger partial charge in [0.2, 0.25) is 5.91 Å². The number of nitriles is 1. The number of carbonyl (C=O) groups excluding carboxylic acids is 1. The molecule has 148 valence electrons. The molecule has 1 amide bonds. The van der Waals surface area contributed by atoms with Crippen LogP contribution in [0.15, 0.2) is 35.4 Å². The van der Waals surface area contributed by atoms with E-state index in [1.54, 1.807) is 41.9 Å². The molecule has 0 bridgehead atoms. The topological polar surface area (TPSA) is 97.0 Å². The van der Waals surface area contributed by atoms with Gasteiger partial charge in [-0.3, -0.25) is 14.2 Å². The minimum atomic E-state index is -0.185. The van der Waals surface area contributed by atoms with E-state index in [2.05, 4.69) is 10.3 Å². The van der Waals surface area contributed by atoms with E-state index >= 15 is 0 Å². The van der Waals surface area contributed by atoms with Crippen molar-refractivity contribution in [2.75, 3.05) is 11.9 Å². The summed E-state index contributed by atoms with van der Waals surface area (Å²) in [5.41, 5.74) is 1.74. The Morgan fingerprint density at radius 1 is 1.28 bits per heavy atom. The van der Waals surface area contributed by atoms with Crippen LogP contribution in [0.1, 0.15) is 29.7 Å². The van der Waals surface area contributed by atoms with Crippen LogP contribution in [0, 0.1) is 11.3 Å². The Hall–Kier alpha value is -3.18. The third-order valence-corrected chi connectivity index (χ3v) is 6.16. The van der Waals surface area contributed by atoms with Gasteiger partial charge >= 0.3 is 0 Å². The van der Waals surface area contributed by atoms with Crippen LogP contribution in [-0.2, 0) is 24.2 Å². The van der Waals surface area contributed by atoms with E-state index in [0.29, 0.717) is 11.4 Å². The van der Waals surface area contributed by atoms with E-state index in [0.717, 1.165) is 35.0 Å². The largest absolute Gasteiger partial charge is 0.479 e. The number of thiophene rings is 1. The van der Waals surface area contributed by atoms with Gasteiger partial charge in [0.15, 0.2) is 6.61 Å². The van der Waals surface area contributed by atoms with E-state index in [-0.39, 0.29) is 31.0 Å². The molecule has 2 heterocycles. The molecule has 7 nitrogen and oxygen atoms in total. The lowest BCUT2D eigenvalue weighted by molar-refractivity contribution is -0.116. The molecule has 8 heteroatoms. The number of rotatable bonds is 6. The number of fused-ring (bicyclic) bond motifs is 3. The molecule has 1 aliphatic carbocycles. The fourth-order valence-corrected chi connectivity index (χ4v) is 4.76. The zero-order valence-electron chi connectivity index (χ0n) is 15.8. The summed E-state index contributed by atoms with van der Waals surface area (Å²) in [4.78, 5) is 31.7. The van der Waals surface area contributed by atoms with E-state index < -0.39 is 0 Å². The Balaban J connectivity index is 1.41. The molecule has 2 aromatic heterocycles. The summed E-state index contributed by atoms with van der Waals surface area (Å²) in [5, 5.41) is 12.1. The van der Waals surface area contributed by atoms with Crippen LogP contribution in [-0.4, -0.2) is 22.1 Å². The maximum Gasteiger partial charge on any atom is 0.262 e. The standard InChI is InChI=1S/C21H20N4O3S/c22-10-12-28-15-7-5-14(6-8-15)24-18(26)9-11-25-13-23-20-19(21(25)27)16-3-1-2-4-17(16)29-20/h5-8,13H,1-4,9,11-12H2,(H,24,26). The number of anilines is 1. The van der Waals surface area contributed by atoms with E-state index in [1.807, 2.05) is 6.07 Å². The summed E-state index contributed by atoms with van der Waals surface area (Å²) in [6.07, 6.45) is 5.95. The van der Waals surface area contributed by atoms with Crippen molar-refractivity contribution in [3.05, 3.63) is 51.4 Å². The van der Waals surface area contributed by atoms with E-state index in [4.69, 9.17) is 10.00 Å². The highest BCUT2D eigenvalue weighted by Crippen LogP contribution is 2.33. The Bertz CT molecular complexity index is 1140. The highest BCUT2D eigenvalue weighted by atomic mass is 32.1. The summed E-state index contributed by atoms with van der Waals surface area (Å²) in [6, 6.07) is 8.70. The maximum absolute atomic E-state index is 12.9. The van der Waals surface area contributed by atoms with Crippen molar-refractivity contribution in [2.24, 2.45) is 0 Å². The monoisotopic (exact) mass is 408 g/mol. The van der Waals surface area contributed by atoms with Crippen LogP contribution in [0.25, 0.3) is 10.2 Å². The van der Waals surface area contributed by atoms with E-state index in [9.17, 15) is 9.59 Å². The van der Waals surface area contributed by atoms with Gasteiger partial charge in [-0.25, -0.2) is 4.98 Å². The molecular weight excluding hydrogens is 388 g/mol. The Labute approximate surface area is 171 Å². The number of aromatic nitrogens is 2. The zero-order chi connectivity index (χ0) is 20.2. The number of aryl methyl sites for hydroxylation is 3. The van der Waals surface area contributed by atoms with Gasteiger partial charge in [0.25, 0.3) is 5.56 Å². The third-order valence-electron chi connectivity index (χ3n) is 4.96. The molecule has 0 aliphatic heterocycles. The molecule has 29 heavy (non-hydrogen) atoms. The molecule has 0 saturated heterocycles. The number of hydrogen-bond donors (Lipinski definition) is 1. The molecule has 0 spiro atoms. The summed E-state index contributed by atoms with van der Waals surface area (Å²) < 4.78 is 6.71. The second-order valence-electron chi connectivity index (χ2n) is 6.90. The molecule has 3 aromatic rings. The fraction of sp³-hybridized carbons (Fsp3) is 0.333. The summed E-state index contributed by atoms with van der Waals surface area (Å²) in [7, 11) is 0. The second-order valence-corrected chi connectivity index (χ2v) is 7.99. The average molecular weight is 408 g/mol. The first-order valence-electron chi connectivity index (χ1n) is 9.55. The normalized spacial score (nSPS) is 12.9. The number of amides is 1. The van der Waals surface area contributed by atoms with Crippen molar-refractivity contribution in [1.29, 1.82) is 5.26 Å². The van der Waals surface area contributed by atoms with Crippen molar-refractivity contribution in [3.8, 4) is 11.8 Å². The Morgan fingerprint density at radius 2 is 2.07 bits per heavy atom. The molecule has 4 rings (SSSR count). The first-order chi connectivity index (χ1) is 14.2. The second kappa shape index (κ2) is 8.45. The Kier molecular flexibility index (Phi) is 5.58. The predicted molar refractivity (Wildman–Crippen MR) is 111 cm³/mol. The minimum Gasteiger partial charge on any atom is -0.479 e. The van der Waals surface area contributed by atoms with Gasteiger partial charge in [-0.05, 0) is 55.5 Å². The molecule has 0 fully saturated rings. The smallest absolute Gasteiger partial charge is 0.262 e. The van der Waals surface area contributed by atoms with Crippen LogP contribution >= 0.6 is 11.3 Å². The van der Waals surface area contributed by atoms with Crippen LogP contribution < -0.4 is 15.6 Å². The van der Waals surface area contributed by atoms with Crippen molar-refractivity contribution in [1.82, 2.24) is 9.55 Å². The fourth-order valence-electron chi connectivity index (χ4n) is 3.54. The van der Waals surface area contributed by atoms with Gasteiger partial charge in [0.1, 0.15) is 16.6 Å². The lowest BCUT2D eigenvalue weighted by Gasteiger charge is -2.10. The lowest BCUT2D eigenvalue weighted by atomic mass is 9.97. The highest BCUT2D eigenvalue weighted by molar-refractivity contribution is 7.18. The summed E-state index contributed by atoms with van der Waals surface area (Å²) >= 11 is 1.62. The first kappa shape index (κ1) is 19.2. The lowest BCUT2D eigenvalue weighted by Crippen LogP contribution is -2.24. The summed E-state index contributed by atoms with van der Waals surface area (Å²) in [6.45, 7) is 0.258. The number of benzene rings is 1. The molecule has 0 radical (unpaired) electrons. The number of nitrogens with zero attached hydrogens (tertiary/aromatic N) is 3. The van der Waals surface area contributed by atoms with Crippen LogP contribution in [0.3, 0.4) is 0 Å². The molecule has 0 atom stereocenters. The van der Waals surface area contributed by atoms with Crippen molar-refractivity contribution in [3.63, 3.8) is 0 Å². The van der Waals surface area contributed by atoms with Crippen LogP contribution in [0.2, 0.25) is 0 Å². The Morgan fingerprint density at radius 3 is 2.86 bits per heavy atom. The number of ether oxygens (including phenoxy) is 1. The molecule has 1 N–H and O–H groups in total. The van der Waals surface area contributed by atoms with Crippen LogP contribution in [0.5, 0.6) is 5.75 Å². The molecule has 1 aromatic carbocycles. The molecule has 1 aliphatic rings. The van der Waals surface area contributed by atoms with Gasteiger partial charge in [-0.15, -0.1) is 11.3 Å². The van der Waals surface area contributed by atoms with E-state index in [1.165, 1.54) is 15.9 Å². The summed E-state index contributed by atoms with van der Waals surface area (Å²) in [5.74, 6) is 0.379. The maximum atomic E-state index is 12.9. The first-order valence-corrected chi connectivity index (χ1v) is 10.4. The SMILES string of the molecule is N#CCOc1ccc(NC(=O)CCn2cnc3sc4c(c3c2=O)CCCC4)cc1. The number of carbonyl (C=O) groups is 1. The number of hydrogen-bond acceptors (Lipinski definition) is 6. The highest BCUT2D eigenvalue weighted by Gasteiger charge is 2.20. The average Bonchev–Trinajstić information content (AvgIpc) is 3.12. The van der Waals surface area contributed by atoms with Crippen molar-refractivity contribution < 1.29 is 9.53 Å². The zero-order valence-corrected chi connectivity index (χ0v) is 16.6. The van der Waals surface area contributed by atoms with Crippen LogP contribution in [0.4, 0.5) is 5.69 Å². The van der Waals surface area contributed by atoms with Gasteiger partial charge in [0, 0.05) is 23.5 Å². The minimum absolute atomic E-state index is 0.0217. The third kappa shape index (κ3) is 4.15. The van der Waals surface area contributed by atoms with Crippen molar-refractivity contribution in [2.45, 2.75) is 38.6 Å². The predicted octanol–water partition coefficient (Wildman–Crippen LogP) is 3.27. The van der Waals surface area contributed by atoms with Gasteiger partial charge in [-0.1, -0.05) is 0 Å². The van der Waals surface area contributed by atoms with Gasteiger partial charge < -0.3 is 10.1 Å². The number of nitrogens with one attached hydrogen (secondary N) is 1. The molecule has 0 saturated carbocycles. The quantitative estimate of drug-likeness (QED) is 0.675. The molecule has 0 unspecified atom stereocenters. The van der Waals surface area contributed by atoms with Crippen molar-refractivity contribution >= 4 is 33.1 Å².